The van der Waals surface area contributed by atoms with Crippen LogP contribution in [0.15, 0.2) is 42.7 Å². The van der Waals surface area contributed by atoms with E-state index < -0.39 is 0 Å². The molecule has 0 unspecified atom stereocenters. The van der Waals surface area contributed by atoms with E-state index >= 15 is 0 Å². The number of amides is 2. The predicted octanol–water partition coefficient (Wildman–Crippen LogP) is 2.94. The van der Waals surface area contributed by atoms with Crippen molar-refractivity contribution in [2.45, 2.75) is 20.4 Å². The van der Waals surface area contributed by atoms with Crippen LogP contribution >= 0.6 is 0 Å². The van der Waals surface area contributed by atoms with Gasteiger partial charge >= 0.3 is 6.03 Å². The van der Waals surface area contributed by atoms with Crippen molar-refractivity contribution in [2.75, 3.05) is 23.3 Å². The van der Waals surface area contributed by atoms with E-state index in [1.165, 1.54) is 0 Å². The lowest BCUT2D eigenvalue weighted by molar-refractivity contribution is 0.252. The fourth-order valence-electron chi connectivity index (χ4n) is 3.03. The number of anilines is 3. The first kappa shape index (κ1) is 17.0. The summed E-state index contributed by atoms with van der Waals surface area (Å²) in [5, 5.41) is 10.5. The van der Waals surface area contributed by atoms with Gasteiger partial charge in [0.1, 0.15) is 0 Å². The maximum Gasteiger partial charge on any atom is 0.321 e. The summed E-state index contributed by atoms with van der Waals surface area (Å²) < 4.78 is 1.87. The number of urea groups is 1. The fraction of sp³-hybridized carbons (Fsp3) is 0.263. The Morgan fingerprint density at radius 3 is 2.70 bits per heavy atom. The third kappa shape index (κ3) is 3.46. The molecule has 0 saturated carbocycles. The summed E-state index contributed by atoms with van der Waals surface area (Å²) in [6, 6.07) is 9.61. The number of carbonyl (C=O) groups is 1. The van der Waals surface area contributed by atoms with Crippen molar-refractivity contribution in [3.63, 3.8) is 0 Å². The highest BCUT2D eigenvalue weighted by molar-refractivity contribution is 5.94. The van der Waals surface area contributed by atoms with Crippen LogP contribution in [0, 0.1) is 6.92 Å². The van der Waals surface area contributed by atoms with Gasteiger partial charge < -0.3 is 10.6 Å². The molecule has 4 rings (SSSR count). The van der Waals surface area contributed by atoms with E-state index in [9.17, 15) is 4.79 Å². The minimum atomic E-state index is -0.0562. The van der Waals surface area contributed by atoms with Crippen molar-refractivity contribution in [2.24, 2.45) is 0 Å². The van der Waals surface area contributed by atoms with E-state index in [1.54, 1.807) is 11.1 Å². The summed E-state index contributed by atoms with van der Waals surface area (Å²) in [6.07, 6.45) is 3.67. The summed E-state index contributed by atoms with van der Waals surface area (Å²) in [6.45, 7) is 6.17. The second-order valence-electron chi connectivity index (χ2n) is 6.30. The monoisotopic (exact) mass is 363 g/mol. The van der Waals surface area contributed by atoms with Crippen LogP contribution in [0.3, 0.4) is 0 Å². The van der Waals surface area contributed by atoms with Gasteiger partial charge in [-0.25, -0.2) is 14.8 Å². The molecule has 1 saturated heterocycles. The topological polar surface area (TPSA) is 88.0 Å². The Kier molecular flexibility index (Phi) is 4.45. The molecule has 2 N–H and O–H groups in total. The molecule has 138 valence electrons. The number of carbonyl (C=O) groups excluding carboxylic acids is 1. The van der Waals surface area contributed by atoms with Crippen LogP contribution in [-0.2, 0) is 6.54 Å². The Bertz CT molecular complexity index is 964. The Morgan fingerprint density at radius 1 is 1.22 bits per heavy atom. The molecule has 3 heterocycles. The Balaban J connectivity index is 1.55. The number of hydrogen-bond donors (Lipinski definition) is 2. The van der Waals surface area contributed by atoms with Gasteiger partial charge in [-0.15, -0.1) is 0 Å². The molecule has 27 heavy (non-hydrogen) atoms. The van der Waals surface area contributed by atoms with Gasteiger partial charge in [0.05, 0.1) is 17.1 Å². The number of nitrogens with zero attached hydrogens (tertiary/aromatic N) is 5. The quantitative estimate of drug-likeness (QED) is 0.728. The van der Waals surface area contributed by atoms with Crippen LogP contribution < -0.4 is 15.5 Å². The van der Waals surface area contributed by atoms with E-state index in [0.717, 1.165) is 34.9 Å². The van der Waals surface area contributed by atoms with Crippen LogP contribution in [0.25, 0.3) is 11.3 Å². The zero-order valence-electron chi connectivity index (χ0n) is 15.3. The first-order valence-corrected chi connectivity index (χ1v) is 8.94. The Labute approximate surface area is 157 Å². The molecule has 1 fully saturated rings. The highest BCUT2D eigenvalue weighted by Crippen LogP contribution is 2.24. The molecule has 1 aromatic carbocycles. The van der Waals surface area contributed by atoms with Gasteiger partial charge in [0.25, 0.3) is 0 Å². The molecule has 0 radical (unpaired) electrons. The zero-order chi connectivity index (χ0) is 18.8. The van der Waals surface area contributed by atoms with E-state index in [2.05, 4.69) is 25.7 Å². The van der Waals surface area contributed by atoms with Crippen molar-refractivity contribution in [3.8, 4) is 11.3 Å². The van der Waals surface area contributed by atoms with Crippen LogP contribution in [0.5, 0.6) is 0 Å². The molecule has 1 aliphatic heterocycles. The highest BCUT2D eigenvalue weighted by Gasteiger charge is 2.20. The van der Waals surface area contributed by atoms with Crippen molar-refractivity contribution in [1.82, 2.24) is 25.1 Å². The van der Waals surface area contributed by atoms with Crippen molar-refractivity contribution >= 4 is 23.4 Å². The van der Waals surface area contributed by atoms with Gasteiger partial charge in [-0.05, 0) is 32.0 Å². The summed E-state index contributed by atoms with van der Waals surface area (Å²) in [5.41, 5.74) is 4.45. The van der Waals surface area contributed by atoms with Crippen LogP contribution in [0.4, 0.5) is 22.1 Å². The molecule has 2 amide bonds. The molecule has 3 aromatic rings. The molecular formula is C19H21N7O. The molecule has 2 aromatic heterocycles. The third-order valence-electron chi connectivity index (χ3n) is 4.50. The van der Waals surface area contributed by atoms with Gasteiger partial charge in [0.2, 0.25) is 5.95 Å². The number of rotatable bonds is 5. The van der Waals surface area contributed by atoms with Crippen LogP contribution in [0.1, 0.15) is 12.6 Å². The molecule has 0 atom stereocenters. The van der Waals surface area contributed by atoms with E-state index in [4.69, 9.17) is 0 Å². The third-order valence-corrected chi connectivity index (χ3v) is 4.50. The normalized spacial score (nSPS) is 13.7. The molecular weight excluding hydrogens is 342 g/mol. The maximum absolute atomic E-state index is 11.8. The molecule has 0 spiro atoms. The minimum Gasteiger partial charge on any atom is -0.336 e. The Morgan fingerprint density at radius 2 is 2.04 bits per heavy atom. The minimum absolute atomic E-state index is 0.0562. The summed E-state index contributed by atoms with van der Waals surface area (Å²) in [5.74, 6) is 0.522. The summed E-state index contributed by atoms with van der Waals surface area (Å²) in [7, 11) is 0. The highest BCUT2D eigenvalue weighted by atomic mass is 16.2. The van der Waals surface area contributed by atoms with Gasteiger partial charge in [0.15, 0.2) is 0 Å². The lowest BCUT2D eigenvalue weighted by atomic mass is 10.1. The molecule has 0 bridgehead atoms. The summed E-state index contributed by atoms with van der Waals surface area (Å²) in [4.78, 5) is 22.4. The number of aryl methyl sites for hydroxylation is 2. The van der Waals surface area contributed by atoms with Gasteiger partial charge in [-0.1, -0.05) is 12.1 Å². The summed E-state index contributed by atoms with van der Waals surface area (Å²) >= 11 is 0. The molecule has 0 aliphatic carbocycles. The zero-order valence-corrected chi connectivity index (χ0v) is 15.3. The second-order valence-corrected chi connectivity index (χ2v) is 6.30. The molecule has 1 aliphatic rings. The molecule has 8 heteroatoms. The average molecular weight is 363 g/mol. The van der Waals surface area contributed by atoms with Gasteiger partial charge in [-0.2, -0.15) is 5.10 Å². The van der Waals surface area contributed by atoms with E-state index in [0.29, 0.717) is 19.0 Å². The van der Waals surface area contributed by atoms with E-state index in [1.807, 2.05) is 55.1 Å². The van der Waals surface area contributed by atoms with Gasteiger partial charge in [-0.3, -0.25) is 9.58 Å². The molecule has 8 nitrogen and oxygen atoms in total. The first-order chi connectivity index (χ1) is 13.1. The van der Waals surface area contributed by atoms with Gasteiger partial charge in [0, 0.05) is 43.3 Å². The fourth-order valence-corrected chi connectivity index (χ4v) is 3.03. The first-order valence-electron chi connectivity index (χ1n) is 8.94. The lowest BCUT2D eigenvalue weighted by Crippen LogP contribution is -2.27. The number of hydrogen-bond acceptors (Lipinski definition) is 5. The largest absolute Gasteiger partial charge is 0.336 e. The average Bonchev–Trinajstić information content (AvgIpc) is 3.28. The van der Waals surface area contributed by atoms with Crippen molar-refractivity contribution < 1.29 is 4.79 Å². The number of nitrogens with one attached hydrogen (secondary N) is 2. The van der Waals surface area contributed by atoms with E-state index in [-0.39, 0.29) is 6.03 Å². The van der Waals surface area contributed by atoms with Crippen LogP contribution in [-0.4, -0.2) is 38.9 Å². The maximum atomic E-state index is 11.8. The predicted molar refractivity (Wildman–Crippen MR) is 104 cm³/mol. The second kappa shape index (κ2) is 7.06. The Hall–Kier alpha value is -3.42. The number of aromatic nitrogens is 4. The van der Waals surface area contributed by atoms with Crippen LogP contribution in [0.2, 0.25) is 0 Å². The SMILES string of the molecule is CCn1cc(Nc2nccc(-c3ccc(N4CCNC4=O)cc3)n2)c(C)n1. The van der Waals surface area contributed by atoms with Crippen molar-refractivity contribution in [1.29, 1.82) is 0 Å². The lowest BCUT2D eigenvalue weighted by Gasteiger charge is -2.14. The van der Waals surface area contributed by atoms with Crippen molar-refractivity contribution in [3.05, 3.63) is 48.4 Å². The number of benzene rings is 1. The standard InChI is InChI=1S/C19H21N7O/c1-3-25-12-17(13(2)24-25)23-18-20-9-8-16(22-18)14-4-6-15(7-5-14)26-11-10-21-19(26)27/h4-9,12H,3,10-11H2,1-2H3,(H,21,27)(H,20,22,23). The smallest absolute Gasteiger partial charge is 0.321 e.